The molecule has 0 aromatic heterocycles. The number of sulfonamides is 1. The Hall–Kier alpha value is -0.130. The number of hydrogen-bond acceptors (Lipinski definition) is 3. The molecule has 0 amide bonds. The number of hydrogen-bond donors (Lipinski definition) is 1. The van der Waals surface area contributed by atoms with Gasteiger partial charge in [0, 0.05) is 18.6 Å². The molecule has 5 heteroatoms. The summed E-state index contributed by atoms with van der Waals surface area (Å²) in [5.74, 6) is 0.700. The standard InChI is InChI=1S/C15H30N2O2S/c1-13(2)12-17(15-6-3-4-7-15)20(18,19)11-5-10-16-14-8-9-14/h13-16H,3-12H2,1-2H3. The lowest BCUT2D eigenvalue weighted by Crippen LogP contribution is -2.42. The van der Waals surface area contributed by atoms with E-state index in [9.17, 15) is 8.42 Å². The van der Waals surface area contributed by atoms with Gasteiger partial charge >= 0.3 is 0 Å². The number of nitrogens with zero attached hydrogens (tertiary/aromatic N) is 1. The lowest BCUT2D eigenvalue weighted by atomic mass is 10.2. The Morgan fingerprint density at radius 3 is 2.35 bits per heavy atom. The zero-order valence-corrected chi connectivity index (χ0v) is 13.8. The van der Waals surface area contributed by atoms with Gasteiger partial charge in [-0.1, -0.05) is 26.7 Å². The normalized spacial score (nSPS) is 21.2. The number of rotatable bonds is 9. The van der Waals surface area contributed by atoms with Gasteiger partial charge in [-0.25, -0.2) is 8.42 Å². The summed E-state index contributed by atoms with van der Waals surface area (Å²) in [5.41, 5.74) is 0. The summed E-state index contributed by atoms with van der Waals surface area (Å²) in [4.78, 5) is 0. The summed E-state index contributed by atoms with van der Waals surface area (Å²) < 4.78 is 27.0. The summed E-state index contributed by atoms with van der Waals surface area (Å²) in [7, 11) is -3.09. The van der Waals surface area contributed by atoms with Crippen molar-refractivity contribution in [2.45, 2.75) is 70.9 Å². The molecule has 0 heterocycles. The van der Waals surface area contributed by atoms with E-state index in [4.69, 9.17) is 0 Å². The predicted octanol–water partition coefficient (Wildman–Crippen LogP) is 2.36. The molecule has 0 bridgehead atoms. The highest BCUT2D eigenvalue weighted by molar-refractivity contribution is 7.89. The maximum Gasteiger partial charge on any atom is 0.214 e. The van der Waals surface area contributed by atoms with Gasteiger partial charge < -0.3 is 5.32 Å². The first kappa shape index (κ1) is 16.2. The minimum atomic E-state index is -3.09. The summed E-state index contributed by atoms with van der Waals surface area (Å²) in [5, 5.41) is 3.40. The van der Waals surface area contributed by atoms with E-state index in [2.05, 4.69) is 19.2 Å². The van der Waals surface area contributed by atoms with Gasteiger partial charge in [-0.05, 0) is 44.6 Å². The van der Waals surface area contributed by atoms with Crippen LogP contribution in [0.25, 0.3) is 0 Å². The van der Waals surface area contributed by atoms with Crippen LogP contribution in [0.3, 0.4) is 0 Å². The fourth-order valence-corrected chi connectivity index (χ4v) is 4.94. The molecule has 2 aliphatic carbocycles. The molecule has 0 unspecified atom stereocenters. The van der Waals surface area contributed by atoms with E-state index in [0.29, 0.717) is 24.3 Å². The molecule has 0 atom stereocenters. The van der Waals surface area contributed by atoms with Gasteiger partial charge in [-0.15, -0.1) is 0 Å². The second-order valence-corrected chi connectivity index (χ2v) is 8.84. The maximum atomic E-state index is 12.6. The molecule has 2 saturated carbocycles. The first-order chi connectivity index (χ1) is 9.49. The van der Waals surface area contributed by atoms with Crippen LogP contribution in [-0.4, -0.2) is 43.6 Å². The smallest absolute Gasteiger partial charge is 0.214 e. The van der Waals surface area contributed by atoms with Gasteiger partial charge in [-0.3, -0.25) is 0 Å². The Labute approximate surface area is 124 Å². The molecule has 0 aromatic carbocycles. The summed E-state index contributed by atoms with van der Waals surface area (Å²) in [6.07, 6.45) is 7.71. The second-order valence-electron chi connectivity index (χ2n) is 6.80. The van der Waals surface area contributed by atoms with Crippen molar-refractivity contribution in [3.63, 3.8) is 0 Å². The minimum Gasteiger partial charge on any atom is -0.314 e. The SMILES string of the molecule is CC(C)CN(C1CCCC1)S(=O)(=O)CCCNC1CC1. The van der Waals surface area contributed by atoms with E-state index in [1.54, 1.807) is 0 Å². The van der Waals surface area contributed by atoms with Crippen molar-refractivity contribution < 1.29 is 8.42 Å². The van der Waals surface area contributed by atoms with Crippen molar-refractivity contribution in [2.24, 2.45) is 5.92 Å². The van der Waals surface area contributed by atoms with Crippen LogP contribution in [0, 0.1) is 5.92 Å². The Kier molecular flexibility index (Phi) is 5.87. The predicted molar refractivity (Wildman–Crippen MR) is 83.2 cm³/mol. The lowest BCUT2D eigenvalue weighted by Gasteiger charge is -2.29. The Morgan fingerprint density at radius 1 is 1.15 bits per heavy atom. The van der Waals surface area contributed by atoms with Gasteiger partial charge in [0.05, 0.1) is 5.75 Å². The molecule has 2 rings (SSSR count). The molecule has 0 aliphatic heterocycles. The van der Waals surface area contributed by atoms with Crippen LogP contribution in [0.2, 0.25) is 0 Å². The highest BCUT2D eigenvalue weighted by Gasteiger charge is 2.32. The van der Waals surface area contributed by atoms with Crippen molar-refractivity contribution in [1.29, 1.82) is 0 Å². The van der Waals surface area contributed by atoms with E-state index in [-0.39, 0.29) is 6.04 Å². The van der Waals surface area contributed by atoms with Crippen LogP contribution in [0.4, 0.5) is 0 Å². The molecular formula is C15H30N2O2S. The van der Waals surface area contributed by atoms with Crippen LogP contribution < -0.4 is 5.32 Å². The van der Waals surface area contributed by atoms with E-state index in [1.807, 2.05) is 4.31 Å². The van der Waals surface area contributed by atoms with E-state index in [1.165, 1.54) is 25.7 Å². The van der Waals surface area contributed by atoms with Gasteiger partial charge in [-0.2, -0.15) is 4.31 Å². The molecule has 2 fully saturated rings. The lowest BCUT2D eigenvalue weighted by molar-refractivity contribution is 0.292. The van der Waals surface area contributed by atoms with Crippen LogP contribution >= 0.6 is 0 Å². The van der Waals surface area contributed by atoms with Gasteiger partial charge in [0.15, 0.2) is 0 Å². The topological polar surface area (TPSA) is 49.4 Å². The highest BCUT2D eigenvalue weighted by Crippen LogP contribution is 2.27. The molecule has 0 saturated heterocycles. The zero-order valence-electron chi connectivity index (χ0n) is 13.0. The van der Waals surface area contributed by atoms with E-state index < -0.39 is 10.0 Å². The van der Waals surface area contributed by atoms with Gasteiger partial charge in [0.25, 0.3) is 0 Å². The Bertz CT molecular complexity index is 385. The molecule has 4 nitrogen and oxygen atoms in total. The first-order valence-electron chi connectivity index (χ1n) is 8.22. The molecule has 0 radical (unpaired) electrons. The van der Waals surface area contributed by atoms with Crippen LogP contribution in [0.15, 0.2) is 0 Å². The van der Waals surface area contributed by atoms with Crippen molar-refractivity contribution in [2.75, 3.05) is 18.8 Å². The summed E-state index contributed by atoms with van der Waals surface area (Å²) in [6.45, 7) is 5.73. The number of nitrogens with one attached hydrogen (secondary N) is 1. The van der Waals surface area contributed by atoms with Gasteiger partial charge in [0.2, 0.25) is 10.0 Å². The quantitative estimate of drug-likeness (QED) is 0.665. The monoisotopic (exact) mass is 302 g/mol. The fraction of sp³-hybridized carbons (Fsp3) is 1.00. The Morgan fingerprint density at radius 2 is 1.80 bits per heavy atom. The third-order valence-electron chi connectivity index (χ3n) is 4.22. The molecule has 1 N–H and O–H groups in total. The summed E-state index contributed by atoms with van der Waals surface area (Å²) in [6, 6.07) is 0.929. The van der Waals surface area contributed by atoms with E-state index >= 15 is 0 Å². The minimum absolute atomic E-state index is 0.263. The first-order valence-corrected chi connectivity index (χ1v) is 9.83. The average Bonchev–Trinajstić information content (AvgIpc) is 3.04. The average molecular weight is 302 g/mol. The second kappa shape index (κ2) is 7.23. The molecule has 118 valence electrons. The van der Waals surface area contributed by atoms with Crippen LogP contribution in [-0.2, 0) is 10.0 Å². The van der Waals surface area contributed by atoms with Gasteiger partial charge in [0.1, 0.15) is 0 Å². The van der Waals surface area contributed by atoms with Crippen molar-refractivity contribution in [3.05, 3.63) is 0 Å². The third kappa shape index (κ3) is 5.01. The van der Waals surface area contributed by atoms with E-state index in [0.717, 1.165) is 25.8 Å². The van der Waals surface area contributed by atoms with Crippen LogP contribution in [0.5, 0.6) is 0 Å². The zero-order chi connectivity index (χ0) is 14.6. The molecular weight excluding hydrogens is 272 g/mol. The molecule has 20 heavy (non-hydrogen) atoms. The molecule has 2 aliphatic rings. The fourth-order valence-electron chi connectivity index (χ4n) is 3.01. The largest absolute Gasteiger partial charge is 0.314 e. The summed E-state index contributed by atoms with van der Waals surface area (Å²) >= 11 is 0. The maximum absolute atomic E-state index is 12.6. The molecule has 0 aromatic rings. The highest BCUT2D eigenvalue weighted by atomic mass is 32.2. The molecule has 0 spiro atoms. The van der Waals surface area contributed by atoms with Crippen LogP contribution in [0.1, 0.15) is 58.8 Å². The van der Waals surface area contributed by atoms with Crippen molar-refractivity contribution in [1.82, 2.24) is 9.62 Å². The van der Waals surface area contributed by atoms with Crippen molar-refractivity contribution in [3.8, 4) is 0 Å². The Balaban J connectivity index is 1.86. The third-order valence-corrected chi connectivity index (χ3v) is 6.19. The van der Waals surface area contributed by atoms with Crippen molar-refractivity contribution >= 4 is 10.0 Å².